The number of benzene rings is 2. The molecule has 0 aliphatic heterocycles. The van der Waals surface area contributed by atoms with Crippen molar-refractivity contribution in [2.24, 2.45) is 0 Å². The van der Waals surface area contributed by atoms with Crippen LogP contribution in [0.5, 0.6) is 0 Å². The molecule has 0 saturated heterocycles. The van der Waals surface area contributed by atoms with Crippen molar-refractivity contribution in [1.82, 2.24) is 25.1 Å². The van der Waals surface area contributed by atoms with Gasteiger partial charge in [0.05, 0.1) is 21.1 Å². The molecule has 0 atom stereocenters. The number of nitrogens with two attached hydrogens (primary N) is 2. The van der Waals surface area contributed by atoms with Gasteiger partial charge in [0.15, 0.2) is 5.82 Å². The number of nitrogen functional groups attached to an aromatic ring is 2. The molecular formula is C21H15Cl2N7O. The zero-order valence-electron chi connectivity index (χ0n) is 15.8. The first kappa shape index (κ1) is 19.2. The van der Waals surface area contributed by atoms with Crippen molar-refractivity contribution in [2.75, 3.05) is 11.5 Å². The van der Waals surface area contributed by atoms with Gasteiger partial charge in [-0.15, -0.1) is 0 Å². The Morgan fingerprint density at radius 3 is 2.39 bits per heavy atom. The summed E-state index contributed by atoms with van der Waals surface area (Å²) in [6, 6.07) is 12.6. The second-order valence-corrected chi connectivity index (χ2v) is 7.73. The third kappa shape index (κ3) is 3.22. The van der Waals surface area contributed by atoms with E-state index in [2.05, 4.69) is 25.1 Å². The van der Waals surface area contributed by atoms with Gasteiger partial charge < -0.3 is 21.4 Å². The number of H-pyrrole nitrogens is 3. The lowest BCUT2D eigenvalue weighted by Gasteiger charge is -2.06. The highest BCUT2D eigenvalue weighted by Gasteiger charge is 2.14. The molecule has 0 saturated carbocycles. The minimum Gasteiger partial charge on any atom is -0.383 e. The number of anilines is 2. The van der Waals surface area contributed by atoms with Crippen molar-refractivity contribution >= 4 is 45.9 Å². The Morgan fingerprint density at radius 1 is 0.935 bits per heavy atom. The van der Waals surface area contributed by atoms with Gasteiger partial charge in [0.2, 0.25) is 0 Å². The molecule has 2 aromatic carbocycles. The predicted octanol–water partition coefficient (Wildman–Crippen LogP) is 4.45. The van der Waals surface area contributed by atoms with E-state index >= 15 is 0 Å². The highest BCUT2D eigenvalue weighted by atomic mass is 35.5. The van der Waals surface area contributed by atoms with Crippen LogP contribution in [0.1, 0.15) is 0 Å². The largest absolute Gasteiger partial charge is 0.383 e. The van der Waals surface area contributed by atoms with Gasteiger partial charge in [0.1, 0.15) is 17.0 Å². The molecule has 8 nitrogen and oxygen atoms in total. The van der Waals surface area contributed by atoms with Crippen LogP contribution in [-0.4, -0.2) is 25.1 Å². The highest BCUT2D eigenvalue weighted by molar-refractivity contribution is 6.44. The molecule has 0 spiro atoms. The Hall–Kier alpha value is -3.75. The summed E-state index contributed by atoms with van der Waals surface area (Å²) in [6.45, 7) is 0. The van der Waals surface area contributed by atoms with Crippen molar-refractivity contribution < 1.29 is 0 Å². The average Bonchev–Trinajstić information content (AvgIpc) is 3.37. The maximum Gasteiger partial charge on any atom is 0.274 e. The lowest BCUT2D eigenvalue weighted by Crippen LogP contribution is -2.11. The second kappa shape index (κ2) is 7.19. The van der Waals surface area contributed by atoms with Crippen LogP contribution in [0.15, 0.2) is 53.5 Å². The summed E-state index contributed by atoms with van der Waals surface area (Å²) in [7, 11) is 0. The fourth-order valence-corrected chi connectivity index (χ4v) is 3.84. The molecule has 0 bridgehead atoms. The molecule has 3 aromatic heterocycles. The molecule has 0 unspecified atom stereocenters. The van der Waals surface area contributed by atoms with Gasteiger partial charge in [-0.05, 0) is 23.8 Å². The zero-order chi connectivity index (χ0) is 21.7. The first-order valence-electron chi connectivity index (χ1n) is 9.19. The van der Waals surface area contributed by atoms with E-state index in [1.807, 2.05) is 36.5 Å². The summed E-state index contributed by atoms with van der Waals surface area (Å²) in [4.78, 5) is 23.0. The van der Waals surface area contributed by atoms with E-state index in [1.165, 1.54) is 0 Å². The van der Waals surface area contributed by atoms with Crippen molar-refractivity contribution in [2.45, 2.75) is 0 Å². The Kier molecular flexibility index (Phi) is 4.46. The van der Waals surface area contributed by atoms with E-state index < -0.39 is 0 Å². The molecule has 0 amide bonds. The molecule has 0 radical (unpaired) electrons. The highest BCUT2D eigenvalue weighted by Crippen LogP contribution is 2.33. The second-order valence-electron chi connectivity index (χ2n) is 6.95. The lowest BCUT2D eigenvalue weighted by molar-refractivity contribution is 1.11. The van der Waals surface area contributed by atoms with Gasteiger partial charge >= 0.3 is 0 Å². The summed E-state index contributed by atoms with van der Waals surface area (Å²) in [6.07, 6.45) is 1.81. The van der Waals surface area contributed by atoms with Crippen LogP contribution in [0.3, 0.4) is 0 Å². The van der Waals surface area contributed by atoms with E-state index in [9.17, 15) is 4.79 Å². The van der Waals surface area contributed by atoms with Crippen molar-refractivity contribution in [3.05, 3.63) is 69.1 Å². The molecule has 5 aromatic rings. The summed E-state index contributed by atoms with van der Waals surface area (Å²) in [5.41, 5.74) is 16.6. The maximum absolute atomic E-state index is 12.6. The van der Waals surface area contributed by atoms with Gasteiger partial charge in [-0.3, -0.25) is 9.89 Å². The van der Waals surface area contributed by atoms with Crippen LogP contribution >= 0.6 is 23.2 Å². The molecule has 10 heteroatoms. The van der Waals surface area contributed by atoms with Gasteiger partial charge in [0, 0.05) is 23.0 Å². The maximum atomic E-state index is 12.6. The van der Waals surface area contributed by atoms with E-state index in [1.54, 1.807) is 12.1 Å². The number of fused-ring (bicyclic) bond motifs is 1. The van der Waals surface area contributed by atoms with E-state index in [0.29, 0.717) is 43.8 Å². The molecule has 0 fully saturated rings. The lowest BCUT2D eigenvalue weighted by atomic mass is 10.1. The van der Waals surface area contributed by atoms with Crippen molar-refractivity contribution in [3.8, 4) is 33.6 Å². The quantitative estimate of drug-likeness (QED) is 0.275. The van der Waals surface area contributed by atoms with Gasteiger partial charge in [-0.2, -0.15) is 5.10 Å². The van der Waals surface area contributed by atoms with Gasteiger partial charge in [-0.25, -0.2) is 4.98 Å². The van der Waals surface area contributed by atoms with E-state index in [-0.39, 0.29) is 11.3 Å². The minimum atomic E-state index is -0.313. The third-order valence-corrected chi connectivity index (χ3v) is 5.81. The first-order chi connectivity index (χ1) is 14.9. The number of hydrogen-bond donors (Lipinski definition) is 5. The monoisotopic (exact) mass is 451 g/mol. The Labute approximate surface area is 185 Å². The Bertz CT molecular complexity index is 1480. The molecule has 0 aliphatic carbocycles. The summed E-state index contributed by atoms with van der Waals surface area (Å²) in [5.74, 6) is 0.734. The van der Waals surface area contributed by atoms with Crippen molar-refractivity contribution in [1.29, 1.82) is 0 Å². The van der Waals surface area contributed by atoms with Crippen molar-refractivity contribution in [3.63, 3.8) is 0 Å². The fourth-order valence-electron chi connectivity index (χ4n) is 3.48. The SMILES string of the molecule is Nc1n[nH]c(N)c1-c1c[nH]c(-c2ccc(-c3nc4c(Cl)c(Cl)ccc4[nH]c3=O)cc2)c1. The molecule has 31 heavy (non-hydrogen) atoms. The number of hydrogen-bond acceptors (Lipinski definition) is 5. The van der Waals surface area contributed by atoms with Gasteiger partial charge in [0.25, 0.3) is 5.56 Å². The standard InChI is InChI=1S/C21H15Cl2N7O/c22-12-5-6-13-18(16(12)23)28-17(21(31)27-13)10-3-1-9(2-4-10)14-7-11(8-26-14)15-19(24)29-30-20(15)25/h1-8,26H,(H,27,31)(H5,24,25,29,30). The van der Waals surface area contributed by atoms with Gasteiger partial charge in [-0.1, -0.05) is 47.5 Å². The minimum absolute atomic E-state index is 0.259. The number of rotatable bonds is 3. The number of aromatic amines is 3. The summed E-state index contributed by atoms with van der Waals surface area (Å²) < 4.78 is 0. The van der Waals surface area contributed by atoms with E-state index in [0.717, 1.165) is 16.8 Å². The predicted molar refractivity (Wildman–Crippen MR) is 124 cm³/mol. The Morgan fingerprint density at radius 2 is 1.68 bits per heavy atom. The molecular weight excluding hydrogens is 437 g/mol. The van der Waals surface area contributed by atoms with Crippen LogP contribution in [0, 0.1) is 0 Å². The molecule has 7 N–H and O–H groups in total. The molecule has 5 rings (SSSR count). The summed E-state index contributed by atoms with van der Waals surface area (Å²) in [5, 5.41) is 7.25. The van der Waals surface area contributed by atoms with Crippen LogP contribution in [-0.2, 0) is 0 Å². The molecule has 0 aliphatic rings. The Balaban J connectivity index is 1.52. The first-order valence-corrected chi connectivity index (χ1v) is 9.95. The zero-order valence-corrected chi connectivity index (χ0v) is 17.3. The molecule has 3 heterocycles. The van der Waals surface area contributed by atoms with Crippen LogP contribution < -0.4 is 17.0 Å². The van der Waals surface area contributed by atoms with Crippen LogP contribution in [0.2, 0.25) is 10.0 Å². The van der Waals surface area contributed by atoms with Crippen LogP contribution in [0.25, 0.3) is 44.7 Å². The number of nitrogens with one attached hydrogen (secondary N) is 3. The summed E-state index contributed by atoms with van der Waals surface area (Å²) >= 11 is 12.3. The third-order valence-electron chi connectivity index (χ3n) is 5.02. The number of aromatic nitrogens is 5. The number of nitrogens with zero attached hydrogens (tertiary/aromatic N) is 2. The van der Waals surface area contributed by atoms with E-state index in [4.69, 9.17) is 34.7 Å². The number of halogens is 2. The van der Waals surface area contributed by atoms with Crippen LogP contribution in [0.4, 0.5) is 11.6 Å². The topological polar surface area (TPSA) is 142 Å². The molecule has 154 valence electrons. The smallest absolute Gasteiger partial charge is 0.274 e. The average molecular weight is 452 g/mol. The normalized spacial score (nSPS) is 11.3. The fraction of sp³-hybridized carbons (Fsp3) is 0.